The monoisotopic (exact) mass is 1280 g/mol. The summed E-state index contributed by atoms with van der Waals surface area (Å²) in [7, 11) is 0. The molecule has 0 aromatic rings. The smallest absolute Gasteiger partial charge is 0.307 e. The second-order valence-electron chi connectivity index (χ2n) is 28.8. The van der Waals surface area contributed by atoms with Crippen molar-refractivity contribution in [2.75, 3.05) is 131 Å². The van der Waals surface area contributed by atoms with Crippen LogP contribution in [0.2, 0.25) is 0 Å². The van der Waals surface area contributed by atoms with Gasteiger partial charge in [0.05, 0.1) is 65.1 Å². The van der Waals surface area contributed by atoms with Crippen LogP contribution >= 0.6 is 0 Å². The summed E-state index contributed by atoms with van der Waals surface area (Å²) in [5.41, 5.74) is 0. The van der Waals surface area contributed by atoms with Crippen molar-refractivity contribution in [1.82, 2.24) is 24.5 Å². The molecule has 0 saturated carbocycles. The van der Waals surface area contributed by atoms with E-state index in [-0.39, 0.29) is 42.7 Å². The first kappa shape index (κ1) is 85.2. The van der Waals surface area contributed by atoms with Crippen molar-refractivity contribution in [2.45, 2.75) is 294 Å². The summed E-state index contributed by atoms with van der Waals surface area (Å²) in [6, 6.07) is 0. The second kappa shape index (κ2) is 59.9. The van der Waals surface area contributed by atoms with E-state index >= 15 is 0 Å². The average Bonchev–Trinajstić information content (AvgIpc) is 3.71. The molecular weight excluding hydrogens is 1130 g/mol. The van der Waals surface area contributed by atoms with Crippen LogP contribution in [0.25, 0.3) is 0 Å². The van der Waals surface area contributed by atoms with E-state index < -0.39 is 0 Å². The number of piperazine rings is 1. The third-order valence-electron chi connectivity index (χ3n) is 17.8. The Morgan fingerprint density at radius 1 is 0.256 bits per heavy atom. The number of unbranched alkanes of at least 4 members (excludes halogenated alkanes) is 20. The van der Waals surface area contributed by atoms with Gasteiger partial charge in [-0.25, -0.2) is 0 Å². The molecule has 0 amide bonds. The molecule has 1 rings (SSSR count). The molecule has 1 aliphatic rings. The number of rotatable bonds is 64. The van der Waals surface area contributed by atoms with Crippen molar-refractivity contribution < 1.29 is 47.7 Å². The fraction of sp³-hybridized carbons (Fsp3) is 0.933. The van der Waals surface area contributed by atoms with Crippen LogP contribution in [0.1, 0.15) is 294 Å². The molecule has 0 spiro atoms. The minimum absolute atomic E-state index is 0.166. The number of ether oxygens (including phenoxy) is 5. The largest absolute Gasteiger partial charge is 0.466 e. The zero-order valence-electron chi connectivity index (χ0n) is 60.6. The quantitative estimate of drug-likeness (QED) is 0.0323. The third-order valence-corrected chi connectivity index (χ3v) is 17.8. The highest BCUT2D eigenvalue weighted by Crippen LogP contribution is 2.16. The lowest BCUT2D eigenvalue weighted by Crippen LogP contribution is -2.50. The van der Waals surface area contributed by atoms with E-state index in [0.29, 0.717) is 98.1 Å². The van der Waals surface area contributed by atoms with E-state index in [4.69, 9.17) is 23.7 Å². The van der Waals surface area contributed by atoms with E-state index in [1.54, 1.807) is 0 Å². The van der Waals surface area contributed by atoms with Crippen LogP contribution in [-0.4, -0.2) is 186 Å². The molecule has 0 N–H and O–H groups in total. The van der Waals surface area contributed by atoms with Crippen LogP contribution in [0, 0.1) is 29.6 Å². The summed E-state index contributed by atoms with van der Waals surface area (Å²) in [6.45, 7) is 35.8. The van der Waals surface area contributed by atoms with E-state index in [2.05, 4.69) is 93.7 Å². The van der Waals surface area contributed by atoms with Gasteiger partial charge in [-0.15, -0.1) is 0 Å². The predicted octanol–water partition coefficient (Wildman–Crippen LogP) is 16.2. The molecule has 1 heterocycles. The highest BCUT2D eigenvalue weighted by atomic mass is 16.5. The Morgan fingerprint density at radius 2 is 0.433 bits per heavy atom. The van der Waals surface area contributed by atoms with Crippen LogP contribution in [0.15, 0.2) is 0 Å². The number of carbonyl (C=O) groups is 5. The summed E-state index contributed by atoms with van der Waals surface area (Å²) < 4.78 is 28.6. The van der Waals surface area contributed by atoms with Gasteiger partial charge in [0, 0.05) is 98.2 Å². The van der Waals surface area contributed by atoms with Gasteiger partial charge in [0.1, 0.15) is 0 Å². The van der Waals surface area contributed by atoms with E-state index in [1.807, 2.05) is 0 Å². The van der Waals surface area contributed by atoms with Crippen molar-refractivity contribution >= 4 is 29.8 Å². The van der Waals surface area contributed by atoms with E-state index in [1.165, 1.54) is 116 Å². The fourth-order valence-corrected chi connectivity index (χ4v) is 11.6. The number of hydrogen-bond donors (Lipinski definition) is 0. The molecule has 1 aliphatic heterocycles. The number of esters is 5. The Hall–Kier alpha value is -2.85. The molecule has 1 saturated heterocycles. The molecule has 530 valence electrons. The molecule has 90 heavy (non-hydrogen) atoms. The van der Waals surface area contributed by atoms with Crippen LogP contribution in [0.4, 0.5) is 0 Å². The summed E-state index contributed by atoms with van der Waals surface area (Å²) in [6.07, 6.45) is 35.8. The van der Waals surface area contributed by atoms with E-state index in [0.717, 1.165) is 159 Å². The van der Waals surface area contributed by atoms with Gasteiger partial charge in [-0.1, -0.05) is 230 Å². The minimum atomic E-state index is -0.203. The maximum absolute atomic E-state index is 13.2. The van der Waals surface area contributed by atoms with Crippen LogP contribution in [0.5, 0.6) is 0 Å². The number of hydrogen-bond acceptors (Lipinski definition) is 15. The summed E-state index contributed by atoms with van der Waals surface area (Å²) in [5.74, 6) is 2.77. The lowest BCUT2D eigenvalue weighted by atomic mass is 10.0. The van der Waals surface area contributed by atoms with Crippen molar-refractivity contribution in [3.05, 3.63) is 0 Å². The molecule has 0 bridgehead atoms. The third kappa shape index (κ3) is 57.8. The van der Waals surface area contributed by atoms with Crippen molar-refractivity contribution in [3.63, 3.8) is 0 Å². The fourth-order valence-electron chi connectivity index (χ4n) is 11.6. The van der Waals surface area contributed by atoms with Crippen LogP contribution in [0.3, 0.4) is 0 Å². The molecule has 0 aromatic heterocycles. The second-order valence-corrected chi connectivity index (χ2v) is 28.8. The lowest BCUT2D eigenvalue weighted by Gasteiger charge is -2.37. The topological polar surface area (TPSA) is 148 Å². The van der Waals surface area contributed by atoms with Crippen molar-refractivity contribution in [3.8, 4) is 0 Å². The number of nitrogens with zero attached hydrogens (tertiary/aromatic N) is 5. The summed E-state index contributed by atoms with van der Waals surface area (Å²) >= 11 is 0. The van der Waals surface area contributed by atoms with Gasteiger partial charge in [0.2, 0.25) is 0 Å². The van der Waals surface area contributed by atoms with Gasteiger partial charge in [-0.2, -0.15) is 0 Å². The van der Waals surface area contributed by atoms with Crippen molar-refractivity contribution in [1.29, 1.82) is 0 Å². The average molecular weight is 1280 g/mol. The van der Waals surface area contributed by atoms with Gasteiger partial charge in [0.25, 0.3) is 0 Å². The summed E-state index contributed by atoms with van der Waals surface area (Å²) in [4.78, 5) is 77.1. The molecular formula is C75H145N5O10. The van der Waals surface area contributed by atoms with E-state index in [9.17, 15) is 24.0 Å². The molecule has 0 aliphatic carbocycles. The maximum atomic E-state index is 13.2. The maximum Gasteiger partial charge on any atom is 0.307 e. The lowest BCUT2D eigenvalue weighted by molar-refractivity contribution is -0.146. The molecule has 0 unspecified atom stereocenters. The van der Waals surface area contributed by atoms with Gasteiger partial charge < -0.3 is 38.4 Å². The molecule has 0 aromatic carbocycles. The molecule has 15 nitrogen and oxygen atoms in total. The molecule has 15 heteroatoms. The standard InChI is InChI=1S/C75H145N5O10/c1-66(2)36-26-16-11-21-31-61-86-71(81)41-46-76(47-42-72(82)87-62-32-22-12-17-27-37-67(3)4)51-53-78(50-45-75(85)90-65-35-25-15-20-30-40-70(9)10)54-56-80-59-57-79(58-60-80)55-52-77(48-43-73(83)88-63-33-23-13-18-28-38-68(5)6)49-44-74(84)89-64-34-24-14-19-29-39-69(7)8/h66-70H,11-65H2,1-10H3. The highest BCUT2D eigenvalue weighted by Gasteiger charge is 2.22. The van der Waals surface area contributed by atoms with Gasteiger partial charge >= 0.3 is 29.8 Å². The van der Waals surface area contributed by atoms with Crippen LogP contribution < -0.4 is 0 Å². The zero-order chi connectivity index (χ0) is 66.1. The normalized spacial score (nSPS) is 13.4. The Kier molecular flexibility index (Phi) is 56.6. The van der Waals surface area contributed by atoms with Crippen molar-refractivity contribution in [2.24, 2.45) is 29.6 Å². The first-order valence-corrected chi connectivity index (χ1v) is 37.8. The summed E-state index contributed by atoms with van der Waals surface area (Å²) in [5, 5.41) is 0. The molecule has 0 radical (unpaired) electrons. The zero-order valence-corrected chi connectivity index (χ0v) is 60.6. The van der Waals surface area contributed by atoms with Gasteiger partial charge in [0.15, 0.2) is 0 Å². The first-order chi connectivity index (χ1) is 43.4. The highest BCUT2D eigenvalue weighted by molar-refractivity contribution is 5.71. The van der Waals surface area contributed by atoms with Gasteiger partial charge in [-0.05, 0) is 61.7 Å². The van der Waals surface area contributed by atoms with Gasteiger partial charge in [-0.3, -0.25) is 33.8 Å². The Morgan fingerprint density at radius 3 is 0.644 bits per heavy atom. The minimum Gasteiger partial charge on any atom is -0.466 e. The Labute approximate surface area is 554 Å². The molecule has 0 atom stereocenters. The Balaban J connectivity index is 2.98. The number of carbonyl (C=O) groups excluding carboxylic acids is 5. The SMILES string of the molecule is CC(C)CCCCCCCOC(=O)CCN(CCC(=O)OCCCCCCCC(C)C)CCN(CCC(=O)OCCCCCCCC(C)C)CCN1CCN(CCN(CCC(=O)OCCCCCCCC(C)C)CCC(=O)OCCCCCCCC(C)C)CC1. The predicted molar refractivity (Wildman–Crippen MR) is 373 cm³/mol. The molecule has 1 fully saturated rings. The van der Waals surface area contributed by atoms with Crippen LogP contribution in [-0.2, 0) is 47.7 Å². The Bertz CT molecular complexity index is 1610. The first-order valence-electron chi connectivity index (χ1n) is 37.8.